The summed E-state index contributed by atoms with van der Waals surface area (Å²) in [6.07, 6.45) is 5.82. The Hall–Kier alpha value is -3.92. The first kappa shape index (κ1) is 21.3. The van der Waals surface area contributed by atoms with Crippen molar-refractivity contribution < 1.29 is 9.53 Å². The third-order valence-electron chi connectivity index (χ3n) is 5.63. The van der Waals surface area contributed by atoms with Crippen molar-refractivity contribution in [2.24, 2.45) is 0 Å². The molecule has 1 aliphatic heterocycles. The lowest BCUT2D eigenvalue weighted by Crippen LogP contribution is -2.36. The lowest BCUT2D eigenvalue weighted by atomic mass is 10.1. The van der Waals surface area contributed by atoms with Crippen molar-refractivity contribution in [1.82, 2.24) is 14.3 Å². The standard InChI is InChI=1S/C25H24N4O3/c1-17-9-4-5-11-21(17)32-23-20(25(31)29-14-8-10-18(2)22(29)27-23)15-19(16-26)24(30)28-12-6-3-7-13-28/h4-5,8-11,14-15H,3,6-7,12-13H2,1-2H3/b19-15+. The van der Waals surface area contributed by atoms with E-state index in [0.29, 0.717) is 24.5 Å². The molecule has 1 aromatic carbocycles. The number of aryl methyl sites for hydroxylation is 2. The molecule has 0 bridgehead atoms. The number of likely N-dealkylation sites (tertiary alicyclic amines) is 1. The minimum absolute atomic E-state index is 0.0674. The van der Waals surface area contributed by atoms with Gasteiger partial charge in [0.2, 0.25) is 5.88 Å². The maximum atomic E-state index is 13.4. The number of para-hydroxylation sites is 1. The van der Waals surface area contributed by atoms with Crippen LogP contribution < -0.4 is 10.3 Å². The number of benzene rings is 1. The van der Waals surface area contributed by atoms with Crippen LogP contribution in [0.4, 0.5) is 0 Å². The number of piperidine rings is 1. The minimum Gasteiger partial charge on any atom is -0.438 e. The molecular formula is C25H24N4O3. The molecule has 32 heavy (non-hydrogen) atoms. The molecule has 0 radical (unpaired) electrons. The van der Waals surface area contributed by atoms with Crippen LogP contribution in [0.5, 0.6) is 11.6 Å². The van der Waals surface area contributed by atoms with Gasteiger partial charge in [-0.1, -0.05) is 24.3 Å². The first-order chi connectivity index (χ1) is 15.5. The predicted molar refractivity (Wildman–Crippen MR) is 121 cm³/mol. The number of rotatable bonds is 4. The van der Waals surface area contributed by atoms with Crippen molar-refractivity contribution in [1.29, 1.82) is 5.26 Å². The molecule has 1 fully saturated rings. The highest BCUT2D eigenvalue weighted by Gasteiger charge is 2.23. The molecule has 0 unspecified atom stereocenters. The maximum Gasteiger partial charge on any atom is 0.269 e. The predicted octanol–water partition coefficient (Wildman–Crippen LogP) is 4.02. The second-order valence-corrected chi connectivity index (χ2v) is 7.91. The zero-order chi connectivity index (χ0) is 22.7. The van der Waals surface area contributed by atoms with Gasteiger partial charge in [-0.3, -0.25) is 14.0 Å². The highest BCUT2D eigenvalue weighted by molar-refractivity contribution is 6.02. The van der Waals surface area contributed by atoms with Crippen LogP contribution in [0.1, 0.15) is 36.0 Å². The van der Waals surface area contributed by atoms with E-state index in [9.17, 15) is 14.9 Å². The average Bonchev–Trinajstić information content (AvgIpc) is 2.81. The van der Waals surface area contributed by atoms with E-state index in [-0.39, 0.29) is 22.9 Å². The second-order valence-electron chi connectivity index (χ2n) is 7.91. The number of amides is 1. The molecule has 4 rings (SSSR count). The molecule has 0 saturated carbocycles. The van der Waals surface area contributed by atoms with Crippen LogP contribution in [-0.4, -0.2) is 33.3 Å². The Morgan fingerprint density at radius 3 is 2.53 bits per heavy atom. The zero-order valence-electron chi connectivity index (χ0n) is 18.2. The van der Waals surface area contributed by atoms with Gasteiger partial charge < -0.3 is 9.64 Å². The summed E-state index contributed by atoms with van der Waals surface area (Å²) < 4.78 is 7.46. The van der Waals surface area contributed by atoms with E-state index in [1.165, 1.54) is 10.5 Å². The minimum atomic E-state index is -0.401. The summed E-state index contributed by atoms with van der Waals surface area (Å²) in [5, 5.41) is 9.73. The zero-order valence-corrected chi connectivity index (χ0v) is 18.2. The SMILES string of the molecule is Cc1ccccc1Oc1nc2c(C)cccn2c(=O)c1/C=C(\C#N)C(=O)N1CCCCC1. The number of fused-ring (bicyclic) bond motifs is 1. The van der Waals surface area contributed by atoms with Crippen LogP contribution in [-0.2, 0) is 4.79 Å². The number of carbonyl (C=O) groups is 1. The number of nitriles is 1. The average molecular weight is 428 g/mol. The van der Waals surface area contributed by atoms with Crippen LogP contribution in [0.3, 0.4) is 0 Å². The molecule has 1 amide bonds. The number of ether oxygens (including phenoxy) is 1. The van der Waals surface area contributed by atoms with E-state index in [2.05, 4.69) is 4.98 Å². The molecule has 3 heterocycles. The monoisotopic (exact) mass is 428 g/mol. The lowest BCUT2D eigenvalue weighted by molar-refractivity contribution is -0.127. The van der Waals surface area contributed by atoms with Gasteiger partial charge in [0.25, 0.3) is 11.5 Å². The van der Waals surface area contributed by atoms with Crippen molar-refractivity contribution in [2.45, 2.75) is 33.1 Å². The first-order valence-electron chi connectivity index (χ1n) is 10.7. The molecule has 7 heteroatoms. The summed E-state index contributed by atoms with van der Waals surface area (Å²) in [6, 6.07) is 13.0. The highest BCUT2D eigenvalue weighted by atomic mass is 16.5. The Morgan fingerprint density at radius 1 is 1.09 bits per heavy atom. The lowest BCUT2D eigenvalue weighted by Gasteiger charge is -2.26. The van der Waals surface area contributed by atoms with Crippen LogP contribution in [0.25, 0.3) is 11.7 Å². The van der Waals surface area contributed by atoms with Gasteiger partial charge in [-0.25, -0.2) is 0 Å². The Balaban J connectivity index is 1.88. The van der Waals surface area contributed by atoms with Gasteiger partial charge in [-0.2, -0.15) is 10.2 Å². The van der Waals surface area contributed by atoms with Gasteiger partial charge in [-0.15, -0.1) is 0 Å². The van der Waals surface area contributed by atoms with Gasteiger partial charge in [0, 0.05) is 19.3 Å². The van der Waals surface area contributed by atoms with E-state index in [1.54, 1.807) is 23.2 Å². The molecule has 7 nitrogen and oxygen atoms in total. The number of aromatic nitrogens is 2. The molecule has 0 N–H and O–H groups in total. The van der Waals surface area contributed by atoms with Crippen molar-refractivity contribution in [2.75, 3.05) is 13.1 Å². The second kappa shape index (κ2) is 9.06. The quantitative estimate of drug-likeness (QED) is 0.463. The van der Waals surface area contributed by atoms with Gasteiger partial charge in [0.1, 0.15) is 28.6 Å². The number of hydrogen-bond donors (Lipinski definition) is 0. The summed E-state index contributed by atoms with van der Waals surface area (Å²) >= 11 is 0. The molecule has 0 spiro atoms. The van der Waals surface area contributed by atoms with E-state index in [4.69, 9.17) is 4.74 Å². The smallest absolute Gasteiger partial charge is 0.269 e. The Kier molecular flexibility index (Phi) is 6.04. The van der Waals surface area contributed by atoms with Crippen LogP contribution in [0.2, 0.25) is 0 Å². The van der Waals surface area contributed by atoms with Gasteiger partial charge in [-0.05, 0) is 62.4 Å². The number of pyridine rings is 1. The molecular weight excluding hydrogens is 404 g/mol. The Morgan fingerprint density at radius 2 is 1.81 bits per heavy atom. The molecule has 1 aliphatic rings. The summed E-state index contributed by atoms with van der Waals surface area (Å²) in [4.78, 5) is 32.6. The van der Waals surface area contributed by atoms with Gasteiger partial charge in [0.15, 0.2) is 0 Å². The maximum absolute atomic E-state index is 13.4. The van der Waals surface area contributed by atoms with E-state index >= 15 is 0 Å². The third-order valence-corrected chi connectivity index (χ3v) is 5.63. The fourth-order valence-corrected chi connectivity index (χ4v) is 3.82. The molecule has 162 valence electrons. The van der Waals surface area contributed by atoms with Crippen LogP contribution in [0.15, 0.2) is 53.0 Å². The van der Waals surface area contributed by atoms with E-state index < -0.39 is 5.56 Å². The van der Waals surface area contributed by atoms with E-state index in [1.807, 2.05) is 44.2 Å². The largest absolute Gasteiger partial charge is 0.438 e. The van der Waals surface area contributed by atoms with Crippen molar-refractivity contribution in [3.05, 3.63) is 75.2 Å². The highest BCUT2D eigenvalue weighted by Crippen LogP contribution is 2.27. The number of carbonyl (C=O) groups excluding carboxylic acids is 1. The normalized spacial score (nSPS) is 14.3. The van der Waals surface area contributed by atoms with Crippen molar-refractivity contribution in [3.8, 4) is 17.7 Å². The van der Waals surface area contributed by atoms with Crippen molar-refractivity contribution >= 4 is 17.6 Å². The molecule has 0 atom stereocenters. The van der Waals surface area contributed by atoms with Gasteiger partial charge >= 0.3 is 0 Å². The first-order valence-corrected chi connectivity index (χ1v) is 10.7. The molecule has 2 aromatic heterocycles. The fraction of sp³-hybridized carbons (Fsp3) is 0.280. The fourth-order valence-electron chi connectivity index (χ4n) is 3.82. The van der Waals surface area contributed by atoms with Crippen LogP contribution in [0, 0.1) is 25.2 Å². The summed E-state index contributed by atoms with van der Waals surface area (Å²) in [5.74, 6) is 0.244. The van der Waals surface area contributed by atoms with Gasteiger partial charge in [0.05, 0.1) is 0 Å². The molecule has 0 aliphatic carbocycles. The molecule has 3 aromatic rings. The Bertz CT molecular complexity index is 1310. The summed E-state index contributed by atoms with van der Waals surface area (Å²) in [6.45, 7) is 4.97. The summed E-state index contributed by atoms with van der Waals surface area (Å²) in [5.41, 5.74) is 1.70. The third kappa shape index (κ3) is 4.12. The van der Waals surface area contributed by atoms with Crippen molar-refractivity contribution in [3.63, 3.8) is 0 Å². The Labute approximate surface area is 186 Å². The number of hydrogen-bond acceptors (Lipinski definition) is 5. The topological polar surface area (TPSA) is 87.7 Å². The van der Waals surface area contributed by atoms with E-state index in [0.717, 1.165) is 30.4 Å². The number of nitrogens with zero attached hydrogens (tertiary/aromatic N) is 4. The summed E-state index contributed by atoms with van der Waals surface area (Å²) in [7, 11) is 0. The van der Waals surface area contributed by atoms with Crippen LogP contribution >= 0.6 is 0 Å². The molecule has 1 saturated heterocycles.